The molecule has 0 unspecified atom stereocenters. The Morgan fingerprint density at radius 1 is 0.867 bits per heavy atom. The van der Waals surface area contributed by atoms with Crippen molar-refractivity contribution in [2.24, 2.45) is 0 Å². The molecule has 0 bridgehead atoms. The van der Waals surface area contributed by atoms with Crippen LogP contribution in [-0.4, -0.2) is 33.3 Å². The van der Waals surface area contributed by atoms with E-state index in [2.05, 4.69) is 14.9 Å². The summed E-state index contributed by atoms with van der Waals surface area (Å²) in [5, 5.41) is 7.19. The highest BCUT2D eigenvalue weighted by atomic mass is 32.2. The fourth-order valence-corrected chi connectivity index (χ4v) is 4.34. The number of halogens is 3. The van der Waals surface area contributed by atoms with Crippen LogP contribution in [0.4, 0.5) is 18.9 Å². The summed E-state index contributed by atoms with van der Waals surface area (Å²) in [5.74, 6) is 0. The number of sulfone groups is 1. The van der Waals surface area contributed by atoms with Gasteiger partial charge in [0.2, 0.25) is 0 Å². The standard InChI is InChI=1S/C18H14F3N3O4S2/c1-29(25,26)17-10-9-15(22-23-17)12-5-4-6-13(11-12)24-30(27,28)16-8-3-2-7-14(16)18(19,20)21/h2-11,24H,1H3. The summed E-state index contributed by atoms with van der Waals surface area (Å²) >= 11 is 0. The average molecular weight is 457 g/mol. The van der Waals surface area contributed by atoms with Gasteiger partial charge in [-0.2, -0.15) is 13.2 Å². The van der Waals surface area contributed by atoms with E-state index in [0.29, 0.717) is 11.6 Å². The van der Waals surface area contributed by atoms with Gasteiger partial charge in [0.15, 0.2) is 14.9 Å². The van der Waals surface area contributed by atoms with Gasteiger partial charge in [0.1, 0.15) is 0 Å². The zero-order valence-corrected chi connectivity index (χ0v) is 16.9. The van der Waals surface area contributed by atoms with Crippen molar-refractivity contribution in [3.8, 4) is 11.3 Å². The molecule has 1 N–H and O–H groups in total. The maximum absolute atomic E-state index is 13.2. The van der Waals surface area contributed by atoms with Crippen LogP contribution in [0.25, 0.3) is 11.3 Å². The molecule has 0 radical (unpaired) electrons. The molecule has 0 fully saturated rings. The van der Waals surface area contributed by atoms with Crippen LogP contribution in [0.15, 0.2) is 70.6 Å². The number of rotatable bonds is 5. The van der Waals surface area contributed by atoms with Crippen LogP contribution < -0.4 is 4.72 Å². The predicted octanol–water partition coefficient (Wildman–Crippen LogP) is 3.37. The quantitative estimate of drug-likeness (QED) is 0.630. The second-order valence-corrected chi connectivity index (χ2v) is 9.82. The predicted molar refractivity (Wildman–Crippen MR) is 103 cm³/mol. The Morgan fingerprint density at radius 2 is 1.57 bits per heavy atom. The topological polar surface area (TPSA) is 106 Å². The molecule has 3 aromatic rings. The number of alkyl halides is 3. The van der Waals surface area contributed by atoms with Crippen molar-refractivity contribution < 1.29 is 30.0 Å². The highest BCUT2D eigenvalue weighted by molar-refractivity contribution is 7.92. The monoisotopic (exact) mass is 457 g/mol. The molecule has 3 rings (SSSR count). The van der Waals surface area contributed by atoms with Crippen molar-refractivity contribution in [3.05, 3.63) is 66.2 Å². The van der Waals surface area contributed by atoms with E-state index in [4.69, 9.17) is 0 Å². The first kappa shape index (κ1) is 21.7. The molecule has 0 saturated carbocycles. The average Bonchev–Trinajstić information content (AvgIpc) is 2.67. The van der Waals surface area contributed by atoms with Crippen molar-refractivity contribution in [3.63, 3.8) is 0 Å². The molecule has 0 spiro atoms. The van der Waals surface area contributed by atoms with Gasteiger partial charge in [-0.3, -0.25) is 4.72 Å². The minimum Gasteiger partial charge on any atom is -0.280 e. The van der Waals surface area contributed by atoms with Crippen LogP contribution in [-0.2, 0) is 26.0 Å². The molecule has 0 amide bonds. The summed E-state index contributed by atoms with van der Waals surface area (Å²) < 4.78 is 89.7. The maximum Gasteiger partial charge on any atom is 0.417 e. The van der Waals surface area contributed by atoms with Gasteiger partial charge >= 0.3 is 6.18 Å². The van der Waals surface area contributed by atoms with Crippen molar-refractivity contribution >= 4 is 25.5 Å². The molecule has 0 aliphatic rings. The molecule has 0 aliphatic heterocycles. The molecule has 1 heterocycles. The van der Waals surface area contributed by atoms with Crippen LogP contribution in [0.1, 0.15) is 5.56 Å². The lowest BCUT2D eigenvalue weighted by atomic mass is 10.1. The molecule has 30 heavy (non-hydrogen) atoms. The second kappa shape index (κ2) is 7.69. The fourth-order valence-electron chi connectivity index (χ4n) is 2.56. The zero-order valence-electron chi connectivity index (χ0n) is 15.3. The van der Waals surface area contributed by atoms with Crippen molar-refractivity contribution in [1.82, 2.24) is 10.2 Å². The summed E-state index contributed by atoms with van der Waals surface area (Å²) in [4.78, 5) is -0.903. The largest absolute Gasteiger partial charge is 0.417 e. The summed E-state index contributed by atoms with van der Waals surface area (Å²) in [6.07, 6.45) is -3.87. The number of hydrogen-bond donors (Lipinski definition) is 1. The van der Waals surface area contributed by atoms with Gasteiger partial charge in [-0.05, 0) is 36.4 Å². The number of benzene rings is 2. The van der Waals surface area contributed by atoms with E-state index < -0.39 is 36.5 Å². The number of hydrogen-bond acceptors (Lipinski definition) is 6. The molecule has 0 atom stereocenters. The smallest absolute Gasteiger partial charge is 0.280 e. The Morgan fingerprint density at radius 3 is 2.17 bits per heavy atom. The minimum absolute atomic E-state index is 0.00142. The van der Waals surface area contributed by atoms with Gasteiger partial charge < -0.3 is 0 Å². The van der Waals surface area contributed by atoms with Crippen molar-refractivity contribution in [2.45, 2.75) is 16.1 Å². The maximum atomic E-state index is 13.2. The van der Waals surface area contributed by atoms with Crippen LogP contribution in [0.2, 0.25) is 0 Å². The number of sulfonamides is 1. The van der Waals surface area contributed by atoms with E-state index >= 15 is 0 Å². The first-order chi connectivity index (χ1) is 13.9. The Labute approximate surface area is 170 Å². The van der Waals surface area contributed by atoms with Gasteiger partial charge in [0, 0.05) is 17.5 Å². The second-order valence-electron chi connectivity index (χ2n) is 6.21. The molecule has 7 nitrogen and oxygen atoms in total. The van der Waals surface area contributed by atoms with Gasteiger partial charge in [0.05, 0.1) is 16.2 Å². The van der Waals surface area contributed by atoms with Gasteiger partial charge in [-0.15, -0.1) is 10.2 Å². The molecule has 1 aromatic heterocycles. The Kier molecular flexibility index (Phi) is 5.56. The molecule has 0 aliphatic carbocycles. The van der Waals surface area contributed by atoms with E-state index in [0.717, 1.165) is 18.4 Å². The molecular formula is C18H14F3N3O4S2. The highest BCUT2D eigenvalue weighted by Gasteiger charge is 2.36. The van der Waals surface area contributed by atoms with Gasteiger partial charge in [-0.1, -0.05) is 24.3 Å². The Bertz CT molecular complexity index is 1290. The summed E-state index contributed by atoms with van der Waals surface area (Å²) in [6, 6.07) is 12.2. The van der Waals surface area contributed by atoms with E-state index in [1.807, 2.05) is 0 Å². The van der Waals surface area contributed by atoms with Gasteiger partial charge in [0.25, 0.3) is 10.0 Å². The molecule has 158 valence electrons. The third kappa shape index (κ3) is 4.76. The third-order valence-corrected chi connectivity index (χ3v) is 6.33. The van der Waals surface area contributed by atoms with Crippen molar-refractivity contribution in [1.29, 1.82) is 0 Å². The van der Waals surface area contributed by atoms with E-state index in [1.54, 1.807) is 6.07 Å². The SMILES string of the molecule is CS(=O)(=O)c1ccc(-c2cccc(NS(=O)(=O)c3ccccc3C(F)(F)F)c2)nn1. The summed E-state index contributed by atoms with van der Waals surface area (Å²) in [6.45, 7) is 0. The van der Waals surface area contributed by atoms with Gasteiger partial charge in [-0.25, -0.2) is 16.8 Å². The van der Waals surface area contributed by atoms with Crippen molar-refractivity contribution in [2.75, 3.05) is 11.0 Å². The zero-order chi connectivity index (χ0) is 22.2. The van der Waals surface area contributed by atoms with E-state index in [1.165, 1.54) is 36.4 Å². The first-order valence-electron chi connectivity index (χ1n) is 8.21. The Balaban J connectivity index is 1.94. The number of nitrogens with one attached hydrogen (secondary N) is 1. The van der Waals surface area contributed by atoms with E-state index in [-0.39, 0.29) is 16.4 Å². The lowest BCUT2D eigenvalue weighted by Crippen LogP contribution is -2.18. The minimum atomic E-state index is -4.84. The van der Waals surface area contributed by atoms with Crippen LogP contribution in [0.3, 0.4) is 0 Å². The third-order valence-electron chi connectivity index (χ3n) is 3.91. The molecule has 0 saturated heterocycles. The molecule has 12 heteroatoms. The first-order valence-corrected chi connectivity index (χ1v) is 11.6. The number of nitrogens with zero attached hydrogens (tertiary/aromatic N) is 2. The Hall–Kier alpha value is -2.99. The summed E-state index contributed by atoms with van der Waals surface area (Å²) in [7, 11) is -8.08. The summed E-state index contributed by atoms with van der Waals surface area (Å²) in [5.41, 5.74) is -0.652. The van der Waals surface area contributed by atoms with Crippen LogP contribution >= 0.6 is 0 Å². The molecule has 2 aromatic carbocycles. The number of anilines is 1. The van der Waals surface area contributed by atoms with Crippen LogP contribution in [0.5, 0.6) is 0 Å². The lowest BCUT2D eigenvalue weighted by Gasteiger charge is -2.14. The highest BCUT2D eigenvalue weighted by Crippen LogP contribution is 2.34. The fraction of sp³-hybridized carbons (Fsp3) is 0.111. The molecular weight excluding hydrogens is 443 g/mol. The normalized spacial score (nSPS) is 12.5. The lowest BCUT2D eigenvalue weighted by molar-refractivity contribution is -0.139. The number of aromatic nitrogens is 2. The van der Waals surface area contributed by atoms with E-state index in [9.17, 15) is 30.0 Å². The van der Waals surface area contributed by atoms with Crippen LogP contribution in [0, 0.1) is 0 Å².